The second-order valence-corrected chi connectivity index (χ2v) is 30.7. The average molecular weight is 537 g/mol. The molecule has 0 aromatic carbocycles. The molecule has 0 spiro atoms. The third-order valence-electron chi connectivity index (χ3n) is 7.01. The minimum absolute atomic E-state index is 0.0721. The molecule has 200 valence electrons. The maximum Gasteiger partial charge on any atom is 0.173 e. The predicted molar refractivity (Wildman–Crippen MR) is 156 cm³/mol. The first-order valence-corrected chi connectivity index (χ1v) is 26.2. The lowest BCUT2D eigenvalue weighted by molar-refractivity contribution is 0.0381. The molecular weight excluding hydrogens is 477 g/mol. The molecule has 0 bridgehead atoms. The number of hydrogen-bond donors (Lipinski definition) is 2. The van der Waals surface area contributed by atoms with E-state index in [-0.39, 0.29) is 18.6 Å². The summed E-state index contributed by atoms with van der Waals surface area (Å²) in [5.41, 5.74) is -0.362. The Hall–Kier alpha value is 0.708. The Bertz CT molecular complexity index is 479. The molecule has 33 heavy (non-hydrogen) atoms. The average Bonchev–Trinajstić information content (AvgIpc) is 2.67. The van der Waals surface area contributed by atoms with Gasteiger partial charge in [0, 0.05) is 5.41 Å². The van der Waals surface area contributed by atoms with Gasteiger partial charge in [0.1, 0.15) is 0 Å². The summed E-state index contributed by atoms with van der Waals surface area (Å²) in [6.07, 6.45) is 8.85. The van der Waals surface area contributed by atoms with Crippen molar-refractivity contribution >= 4 is 33.3 Å². The second-order valence-electron chi connectivity index (χ2n) is 13.0. The fourth-order valence-electron chi connectivity index (χ4n) is 5.17. The number of aliphatic hydroxyl groups excluding tert-OH is 2. The van der Waals surface area contributed by atoms with Gasteiger partial charge in [-0.15, -0.1) is 0 Å². The number of aliphatic hydroxyl groups is 2. The van der Waals surface area contributed by atoms with E-state index >= 15 is 0 Å². The monoisotopic (exact) mass is 536 g/mol. The molecule has 0 heterocycles. The van der Waals surface area contributed by atoms with Gasteiger partial charge >= 0.3 is 0 Å². The van der Waals surface area contributed by atoms with Crippen molar-refractivity contribution in [2.45, 2.75) is 142 Å². The molecule has 0 rings (SSSR count). The van der Waals surface area contributed by atoms with E-state index in [1.807, 2.05) is 0 Å². The molecule has 0 amide bonds. The topological polar surface area (TPSA) is 58.9 Å². The molecule has 0 unspecified atom stereocenters. The first kappa shape index (κ1) is 33.7. The molecule has 0 aliphatic carbocycles. The van der Waals surface area contributed by atoms with Gasteiger partial charge in [-0.3, -0.25) is 0 Å². The summed E-state index contributed by atoms with van der Waals surface area (Å²) < 4.78 is 13.5. The van der Waals surface area contributed by atoms with Crippen LogP contribution in [0.3, 0.4) is 0 Å². The van der Waals surface area contributed by atoms with Crippen molar-refractivity contribution in [3.63, 3.8) is 0 Å². The van der Waals surface area contributed by atoms with Crippen LogP contribution < -0.4 is 0 Å². The van der Waals surface area contributed by atoms with Crippen LogP contribution in [0.2, 0.25) is 76.6 Å². The van der Waals surface area contributed by atoms with E-state index in [1.165, 1.54) is 37.8 Å². The molecule has 0 fully saturated rings. The summed E-state index contributed by atoms with van der Waals surface area (Å²) in [5.74, 6) is 0. The van der Waals surface area contributed by atoms with Crippen LogP contribution in [-0.4, -0.2) is 56.7 Å². The standard InChI is InChI=1S/C25H60O4Si4/c1-11-13-19-30(3,4)28-32(7,8)21-15-17-25(23-26,24-27)18-16-22-33(9,10)29-31(5,6)20-14-12-2/h26-27H,11-24H2,1-10H3. The zero-order chi connectivity index (χ0) is 25.8. The third-order valence-corrected chi connectivity index (χ3v) is 22.1. The minimum atomic E-state index is -1.72. The molecule has 0 saturated carbocycles. The lowest BCUT2D eigenvalue weighted by Crippen LogP contribution is -2.44. The van der Waals surface area contributed by atoms with Gasteiger partial charge in [-0.05, 0) is 89.4 Å². The highest BCUT2D eigenvalue weighted by Gasteiger charge is 2.36. The van der Waals surface area contributed by atoms with Crippen molar-refractivity contribution in [1.82, 2.24) is 0 Å². The Morgan fingerprint density at radius 3 is 1.03 bits per heavy atom. The van der Waals surface area contributed by atoms with Gasteiger partial charge in [0.15, 0.2) is 33.3 Å². The zero-order valence-electron chi connectivity index (χ0n) is 24.1. The zero-order valence-corrected chi connectivity index (χ0v) is 28.1. The van der Waals surface area contributed by atoms with Gasteiger partial charge in [-0.2, -0.15) is 0 Å². The summed E-state index contributed by atoms with van der Waals surface area (Å²) in [7, 11) is -6.62. The largest absolute Gasteiger partial charge is 0.455 e. The van der Waals surface area contributed by atoms with E-state index in [0.29, 0.717) is 0 Å². The molecule has 0 aromatic rings. The highest BCUT2D eigenvalue weighted by Crippen LogP contribution is 2.34. The molecular formula is C25H60O4Si4. The van der Waals surface area contributed by atoms with E-state index in [9.17, 15) is 10.2 Å². The van der Waals surface area contributed by atoms with Gasteiger partial charge in [0.2, 0.25) is 0 Å². The van der Waals surface area contributed by atoms with Crippen LogP contribution in [0, 0.1) is 5.41 Å². The number of unbranched alkanes of at least 4 members (excludes halogenated alkanes) is 2. The van der Waals surface area contributed by atoms with Crippen molar-refractivity contribution < 1.29 is 18.4 Å². The lowest BCUT2D eigenvalue weighted by Gasteiger charge is -2.37. The number of hydrogen-bond acceptors (Lipinski definition) is 4. The van der Waals surface area contributed by atoms with E-state index < -0.39 is 33.3 Å². The highest BCUT2D eigenvalue weighted by atomic mass is 28.4. The van der Waals surface area contributed by atoms with Crippen LogP contribution in [0.15, 0.2) is 0 Å². The molecule has 0 atom stereocenters. The molecule has 0 aliphatic heterocycles. The van der Waals surface area contributed by atoms with Crippen molar-refractivity contribution in [2.75, 3.05) is 13.2 Å². The summed E-state index contributed by atoms with van der Waals surface area (Å²) in [4.78, 5) is 0. The predicted octanol–water partition coefficient (Wildman–Crippen LogP) is 7.97. The van der Waals surface area contributed by atoms with Crippen LogP contribution >= 0.6 is 0 Å². The Labute approximate surface area is 211 Å². The molecule has 0 radical (unpaired) electrons. The minimum Gasteiger partial charge on any atom is -0.455 e. The second kappa shape index (κ2) is 15.1. The van der Waals surface area contributed by atoms with Crippen molar-refractivity contribution in [3.8, 4) is 0 Å². The first-order chi connectivity index (χ1) is 15.1. The Morgan fingerprint density at radius 2 is 0.788 bits per heavy atom. The Kier molecular flexibility index (Phi) is 15.4. The van der Waals surface area contributed by atoms with Crippen molar-refractivity contribution in [3.05, 3.63) is 0 Å². The quantitative estimate of drug-likeness (QED) is 0.155. The van der Waals surface area contributed by atoms with Gasteiger partial charge in [-0.1, -0.05) is 52.4 Å². The third kappa shape index (κ3) is 15.4. The summed E-state index contributed by atoms with van der Waals surface area (Å²) in [6.45, 7) is 23.5. The van der Waals surface area contributed by atoms with E-state index in [2.05, 4.69) is 66.2 Å². The molecule has 0 aromatic heterocycles. The van der Waals surface area contributed by atoms with Crippen LogP contribution in [0.4, 0.5) is 0 Å². The Balaban J connectivity index is 4.75. The SMILES string of the molecule is CCCC[Si](C)(C)O[Si](C)(C)CCCC(CO)(CO)CCC[Si](C)(C)O[Si](C)(C)CCCC. The molecule has 4 nitrogen and oxygen atoms in total. The molecule has 2 N–H and O–H groups in total. The summed E-state index contributed by atoms with van der Waals surface area (Å²) in [6, 6.07) is 4.71. The molecule has 8 heteroatoms. The normalized spacial score (nSPS) is 14.2. The fraction of sp³-hybridized carbons (Fsp3) is 1.00. The lowest BCUT2D eigenvalue weighted by atomic mass is 9.81. The molecule has 0 saturated heterocycles. The summed E-state index contributed by atoms with van der Waals surface area (Å²) >= 11 is 0. The maximum absolute atomic E-state index is 10.2. The Morgan fingerprint density at radius 1 is 0.515 bits per heavy atom. The van der Waals surface area contributed by atoms with Gasteiger partial charge in [0.25, 0.3) is 0 Å². The van der Waals surface area contributed by atoms with Crippen LogP contribution in [-0.2, 0) is 8.23 Å². The van der Waals surface area contributed by atoms with Crippen molar-refractivity contribution in [2.24, 2.45) is 5.41 Å². The van der Waals surface area contributed by atoms with Crippen molar-refractivity contribution in [1.29, 1.82) is 0 Å². The van der Waals surface area contributed by atoms with Crippen LogP contribution in [0.1, 0.15) is 65.2 Å². The van der Waals surface area contributed by atoms with Crippen LogP contribution in [0.25, 0.3) is 0 Å². The van der Waals surface area contributed by atoms with Gasteiger partial charge in [0.05, 0.1) is 13.2 Å². The van der Waals surface area contributed by atoms with E-state index in [0.717, 1.165) is 37.8 Å². The van der Waals surface area contributed by atoms with E-state index in [4.69, 9.17) is 8.23 Å². The summed E-state index contributed by atoms with van der Waals surface area (Å²) in [5, 5.41) is 20.4. The smallest absolute Gasteiger partial charge is 0.173 e. The number of rotatable bonds is 20. The van der Waals surface area contributed by atoms with Gasteiger partial charge in [-0.25, -0.2) is 0 Å². The fourth-order valence-corrected chi connectivity index (χ4v) is 23.2. The van der Waals surface area contributed by atoms with Crippen LogP contribution in [0.5, 0.6) is 0 Å². The maximum atomic E-state index is 10.2. The first-order valence-electron chi connectivity index (χ1n) is 13.7. The van der Waals surface area contributed by atoms with Gasteiger partial charge < -0.3 is 18.4 Å². The highest BCUT2D eigenvalue weighted by molar-refractivity contribution is 6.85. The molecule has 0 aliphatic rings. The van der Waals surface area contributed by atoms with E-state index in [1.54, 1.807) is 0 Å².